The van der Waals surface area contributed by atoms with Crippen LogP contribution in [-0.4, -0.2) is 9.97 Å². The molecular formula is C4H3N2OS. The van der Waals surface area contributed by atoms with Crippen molar-refractivity contribution in [2.75, 3.05) is 0 Å². The molecule has 0 aromatic carbocycles. The second-order valence-electron chi connectivity index (χ2n) is 1.23. The Bertz CT molecular complexity index is 231. The van der Waals surface area contributed by atoms with E-state index >= 15 is 0 Å². The smallest absolute Gasteiger partial charge is 0.313 e. The van der Waals surface area contributed by atoms with Crippen LogP contribution in [-0.2, 0) is 0 Å². The summed E-state index contributed by atoms with van der Waals surface area (Å²) < 4.78 is 0. The molecule has 0 spiro atoms. The lowest BCUT2D eigenvalue weighted by Crippen LogP contribution is -2.07. The minimum atomic E-state index is -0.391. The van der Waals surface area contributed by atoms with Gasteiger partial charge in [0.2, 0.25) is 0 Å². The third kappa shape index (κ3) is 1.04. The van der Waals surface area contributed by atoms with Gasteiger partial charge in [-0.2, -0.15) is 4.98 Å². The number of hydrogen-bond acceptors (Lipinski definition) is 2. The summed E-state index contributed by atoms with van der Waals surface area (Å²) in [7, 11) is 0. The first-order valence-electron chi connectivity index (χ1n) is 2.02. The zero-order valence-electron chi connectivity index (χ0n) is 3.92. The fourth-order valence-electron chi connectivity index (χ4n) is 0.354. The molecule has 3 nitrogen and oxygen atoms in total. The predicted octanol–water partition coefficient (Wildman–Crippen LogP) is 0.326. The van der Waals surface area contributed by atoms with E-state index in [2.05, 4.69) is 22.6 Å². The van der Waals surface area contributed by atoms with Crippen molar-refractivity contribution in [3.63, 3.8) is 0 Å². The maximum absolute atomic E-state index is 10.3. The number of nitrogens with zero attached hydrogens (tertiary/aromatic N) is 1. The van der Waals surface area contributed by atoms with Gasteiger partial charge < -0.3 is 4.98 Å². The zero-order chi connectivity index (χ0) is 5.98. The minimum Gasteiger partial charge on any atom is -0.313 e. The highest BCUT2D eigenvalue weighted by molar-refractivity contribution is 7.80. The average molecular weight is 127 g/mol. The maximum atomic E-state index is 10.3. The van der Waals surface area contributed by atoms with E-state index in [0.29, 0.717) is 5.03 Å². The second kappa shape index (κ2) is 1.92. The van der Waals surface area contributed by atoms with E-state index in [9.17, 15) is 4.79 Å². The van der Waals surface area contributed by atoms with Gasteiger partial charge in [-0.15, -0.1) is 0 Å². The normalized spacial score (nSPS) is 9.00. The first kappa shape index (κ1) is 5.24. The Labute approximate surface area is 51.2 Å². The van der Waals surface area contributed by atoms with Gasteiger partial charge in [0.25, 0.3) is 0 Å². The van der Waals surface area contributed by atoms with Gasteiger partial charge in [-0.3, -0.25) is 0 Å². The van der Waals surface area contributed by atoms with Crippen molar-refractivity contribution in [1.82, 2.24) is 9.97 Å². The van der Waals surface area contributed by atoms with Crippen LogP contribution < -0.4 is 5.69 Å². The summed E-state index contributed by atoms with van der Waals surface area (Å²) in [6.45, 7) is 0. The van der Waals surface area contributed by atoms with Crippen molar-refractivity contribution in [1.29, 1.82) is 0 Å². The lowest BCUT2D eigenvalue weighted by molar-refractivity contribution is 0.983. The SMILES string of the molecule is O=c1nc([S])cc[nH]1. The van der Waals surface area contributed by atoms with Crippen LogP contribution in [0.2, 0.25) is 0 Å². The standard InChI is InChI=1S/C4H3N2OS/c7-4-5-2-1-3(8)6-4/h1-2H,(H,5,6,7). The molecule has 0 fully saturated rings. The van der Waals surface area contributed by atoms with Crippen molar-refractivity contribution in [3.05, 3.63) is 22.7 Å². The lowest BCUT2D eigenvalue weighted by Gasteiger charge is -1.80. The van der Waals surface area contributed by atoms with E-state index in [1.807, 2.05) is 0 Å². The van der Waals surface area contributed by atoms with Crippen molar-refractivity contribution < 1.29 is 0 Å². The molecule has 1 heterocycles. The molecule has 1 aromatic rings. The zero-order valence-corrected chi connectivity index (χ0v) is 4.73. The van der Waals surface area contributed by atoms with Gasteiger partial charge in [0.1, 0.15) is 5.03 Å². The number of hydrogen-bond donors (Lipinski definition) is 1. The van der Waals surface area contributed by atoms with E-state index in [0.717, 1.165) is 0 Å². The Morgan fingerprint density at radius 1 is 1.75 bits per heavy atom. The van der Waals surface area contributed by atoms with Crippen molar-refractivity contribution in [2.45, 2.75) is 5.03 Å². The van der Waals surface area contributed by atoms with Gasteiger partial charge in [0, 0.05) is 6.20 Å². The van der Waals surface area contributed by atoms with Crippen molar-refractivity contribution >= 4 is 12.6 Å². The van der Waals surface area contributed by atoms with Gasteiger partial charge in [0.15, 0.2) is 0 Å². The third-order valence-electron chi connectivity index (χ3n) is 0.644. The van der Waals surface area contributed by atoms with Crippen LogP contribution in [0.4, 0.5) is 0 Å². The summed E-state index contributed by atoms with van der Waals surface area (Å²) in [4.78, 5) is 16.0. The molecule has 1 N–H and O–H groups in total. The molecule has 0 aliphatic rings. The summed E-state index contributed by atoms with van der Waals surface area (Å²) >= 11 is 4.57. The summed E-state index contributed by atoms with van der Waals surface area (Å²) in [6, 6.07) is 1.55. The Morgan fingerprint density at radius 2 is 2.50 bits per heavy atom. The molecule has 0 bridgehead atoms. The molecule has 0 amide bonds. The fraction of sp³-hybridized carbons (Fsp3) is 0. The highest BCUT2D eigenvalue weighted by Crippen LogP contribution is 1.90. The highest BCUT2D eigenvalue weighted by Gasteiger charge is 1.83. The minimum absolute atomic E-state index is 0.328. The van der Waals surface area contributed by atoms with Gasteiger partial charge >= 0.3 is 5.69 Å². The average Bonchev–Trinajstić information content (AvgIpc) is 1.64. The van der Waals surface area contributed by atoms with E-state index in [-0.39, 0.29) is 0 Å². The molecule has 1 radical (unpaired) electrons. The number of H-pyrrole nitrogens is 1. The summed E-state index contributed by atoms with van der Waals surface area (Å²) in [5.41, 5.74) is -0.391. The quantitative estimate of drug-likeness (QED) is 0.510. The Kier molecular flexibility index (Phi) is 1.26. The van der Waals surface area contributed by atoms with Crippen LogP contribution in [0, 0.1) is 0 Å². The highest BCUT2D eigenvalue weighted by atomic mass is 32.1. The maximum Gasteiger partial charge on any atom is 0.346 e. The van der Waals surface area contributed by atoms with E-state index in [4.69, 9.17) is 0 Å². The van der Waals surface area contributed by atoms with Crippen LogP contribution in [0.1, 0.15) is 0 Å². The van der Waals surface area contributed by atoms with Gasteiger partial charge in [0.05, 0.1) is 0 Å². The van der Waals surface area contributed by atoms with Crippen LogP contribution in [0.25, 0.3) is 0 Å². The molecule has 0 aliphatic heterocycles. The Hall–Kier alpha value is -0.900. The topological polar surface area (TPSA) is 45.8 Å². The first-order chi connectivity index (χ1) is 3.79. The number of aromatic nitrogens is 2. The van der Waals surface area contributed by atoms with Crippen LogP contribution in [0.3, 0.4) is 0 Å². The largest absolute Gasteiger partial charge is 0.346 e. The summed E-state index contributed by atoms with van der Waals surface area (Å²) in [6.07, 6.45) is 1.47. The van der Waals surface area contributed by atoms with Crippen LogP contribution in [0.15, 0.2) is 22.1 Å². The molecule has 0 unspecified atom stereocenters. The van der Waals surface area contributed by atoms with Gasteiger partial charge in [-0.05, 0) is 6.07 Å². The molecule has 8 heavy (non-hydrogen) atoms. The van der Waals surface area contributed by atoms with Crippen LogP contribution >= 0.6 is 12.6 Å². The molecule has 0 saturated carbocycles. The van der Waals surface area contributed by atoms with Crippen LogP contribution in [0.5, 0.6) is 0 Å². The molecule has 4 heteroatoms. The molecule has 1 rings (SSSR count). The molecular weight excluding hydrogens is 124 g/mol. The van der Waals surface area contributed by atoms with Crippen molar-refractivity contribution in [3.8, 4) is 0 Å². The van der Waals surface area contributed by atoms with E-state index < -0.39 is 5.69 Å². The fourth-order valence-corrected chi connectivity index (χ4v) is 0.505. The number of nitrogens with one attached hydrogen (secondary N) is 1. The lowest BCUT2D eigenvalue weighted by atomic mass is 10.7. The Balaban J connectivity index is 3.28. The van der Waals surface area contributed by atoms with Gasteiger partial charge in [-0.25, -0.2) is 4.79 Å². The van der Waals surface area contributed by atoms with Crippen molar-refractivity contribution in [2.24, 2.45) is 0 Å². The molecule has 0 atom stereocenters. The second-order valence-corrected chi connectivity index (χ2v) is 1.65. The Morgan fingerprint density at radius 3 is 2.88 bits per heavy atom. The van der Waals surface area contributed by atoms with Gasteiger partial charge in [-0.1, -0.05) is 12.6 Å². The number of rotatable bonds is 0. The predicted molar refractivity (Wildman–Crippen MR) is 30.7 cm³/mol. The monoisotopic (exact) mass is 127 g/mol. The number of aromatic amines is 1. The summed E-state index contributed by atoms with van der Waals surface area (Å²) in [5, 5.41) is 0.328. The summed E-state index contributed by atoms with van der Waals surface area (Å²) in [5.74, 6) is 0. The molecule has 0 saturated heterocycles. The van der Waals surface area contributed by atoms with E-state index in [1.165, 1.54) is 6.20 Å². The molecule has 0 aliphatic carbocycles. The first-order valence-corrected chi connectivity index (χ1v) is 2.42. The van der Waals surface area contributed by atoms with E-state index in [1.54, 1.807) is 6.07 Å². The molecule has 1 aromatic heterocycles. The molecule has 41 valence electrons. The third-order valence-corrected chi connectivity index (χ3v) is 0.872.